The third-order valence-electron chi connectivity index (χ3n) is 4.08. The van der Waals surface area contributed by atoms with Crippen molar-refractivity contribution in [2.75, 3.05) is 5.32 Å². The molecule has 0 radical (unpaired) electrons. The lowest BCUT2D eigenvalue weighted by Gasteiger charge is -2.09. The summed E-state index contributed by atoms with van der Waals surface area (Å²) in [4.78, 5) is 25.2. The van der Waals surface area contributed by atoms with Crippen molar-refractivity contribution in [1.82, 2.24) is 19.5 Å². The number of carbonyl (C=O) groups excluding carboxylic acids is 1. The predicted octanol–water partition coefficient (Wildman–Crippen LogP) is 4.15. The van der Waals surface area contributed by atoms with Crippen molar-refractivity contribution in [3.8, 4) is 17.4 Å². The van der Waals surface area contributed by atoms with E-state index >= 15 is 0 Å². The second-order valence-corrected chi connectivity index (χ2v) is 6.15. The zero-order chi connectivity index (χ0) is 20.2. The topological polar surface area (TPSA) is 81.9 Å². The molecule has 0 saturated carbocycles. The van der Waals surface area contributed by atoms with Crippen LogP contribution in [0.2, 0.25) is 0 Å². The van der Waals surface area contributed by atoms with Gasteiger partial charge in [0.25, 0.3) is 5.91 Å². The van der Waals surface area contributed by atoms with Crippen molar-refractivity contribution in [2.45, 2.75) is 6.92 Å². The Bertz CT molecular complexity index is 1140. The minimum absolute atomic E-state index is 0.329. The monoisotopic (exact) mass is 389 g/mol. The maximum atomic E-state index is 13.0. The van der Waals surface area contributed by atoms with Crippen molar-refractivity contribution >= 4 is 11.6 Å². The molecule has 0 aliphatic heterocycles. The Morgan fingerprint density at radius 1 is 1.03 bits per heavy atom. The molecule has 144 valence electrons. The standard InChI is InChI=1S/C21H16FN5O2/c1-14-23-9-10-27(14)21-24-12-17(13-25-21)26-20(28)15-3-2-4-19(11-15)29-18-7-5-16(22)6-8-18/h2-13H,1H3,(H,26,28). The summed E-state index contributed by atoms with van der Waals surface area (Å²) in [5, 5.41) is 2.75. The van der Waals surface area contributed by atoms with Gasteiger partial charge in [-0.3, -0.25) is 9.36 Å². The largest absolute Gasteiger partial charge is 0.457 e. The lowest BCUT2D eigenvalue weighted by atomic mass is 10.2. The molecule has 0 aliphatic carbocycles. The van der Waals surface area contributed by atoms with Gasteiger partial charge in [0, 0.05) is 18.0 Å². The Hall–Kier alpha value is -4.07. The highest BCUT2D eigenvalue weighted by molar-refractivity contribution is 6.04. The first kappa shape index (κ1) is 18.3. The Labute approximate surface area is 165 Å². The van der Waals surface area contributed by atoms with E-state index in [1.54, 1.807) is 41.2 Å². The van der Waals surface area contributed by atoms with Crippen molar-refractivity contribution in [3.63, 3.8) is 0 Å². The second kappa shape index (κ2) is 7.89. The van der Waals surface area contributed by atoms with E-state index in [9.17, 15) is 9.18 Å². The van der Waals surface area contributed by atoms with Crippen LogP contribution in [0.15, 0.2) is 73.3 Å². The van der Waals surface area contributed by atoms with Gasteiger partial charge in [0.15, 0.2) is 0 Å². The third-order valence-corrected chi connectivity index (χ3v) is 4.08. The number of aryl methyl sites for hydroxylation is 1. The fraction of sp³-hybridized carbons (Fsp3) is 0.0476. The van der Waals surface area contributed by atoms with Crippen LogP contribution in [0.4, 0.5) is 10.1 Å². The van der Waals surface area contributed by atoms with Gasteiger partial charge < -0.3 is 10.1 Å². The van der Waals surface area contributed by atoms with E-state index in [0.29, 0.717) is 28.7 Å². The smallest absolute Gasteiger partial charge is 0.255 e. The number of halogens is 1. The summed E-state index contributed by atoms with van der Waals surface area (Å²) in [6.45, 7) is 1.85. The van der Waals surface area contributed by atoms with E-state index in [1.165, 1.54) is 36.7 Å². The minimum Gasteiger partial charge on any atom is -0.457 e. The molecule has 2 aromatic carbocycles. The van der Waals surface area contributed by atoms with Gasteiger partial charge in [-0.25, -0.2) is 19.3 Å². The van der Waals surface area contributed by atoms with E-state index in [2.05, 4.69) is 20.3 Å². The van der Waals surface area contributed by atoms with Crippen LogP contribution in [0, 0.1) is 12.7 Å². The molecule has 0 unspecified atom stereocenters. The van der Waals surface area contributed by atoms with Crippen molar-refractivity contribution in [1.29, 1.82) is 0 Å². The Morgan fingerprint density at radius 2 is 1.79 bits per heavy atom. The molecular weight excluding hydrogens is 373 g/mol. The lowest BCUT2D eigenvalue weighted by Crippen LogP contribution is -2.13. The molecule has 0 fully saturated rings. The number of carbonyl (C=O) groups is 1. The average Bonchev–Trinajstić information content (AvgIpc) is 3.16. The van der Waals surface area contributed by atoms with Crippen LogP contribution in [0.1, 0.15) is 16.2 Å². The van der Waals surface area contributed by atoms with E-state index in [1.807, 2.05) is 6.92 Å². The molecule has 1 N–H and O–H groups in total. The number of hydrogen-bond donors (Lipinski definition) is 1. The fourth-order valence-electron chi connectivity index (χ4n) is 2.64. The number of amides is 1. The molecule has 0 saturated heterocycles. The van der Waals surface area contributed by atoms with Crippen LogP contribution < -0.4 is 10.1 Å². The van der Waals surface area contributed by atoms with Crippen LogP contribution in [-0.2, 0) is 0 Å². The maximum absolute atomic E-state index is 13.0. The van der Waals surface area contributed by atoms with Crippen LogP contribution in [-0.4, -0.2) is 25.4 Å². The van der Waals surface area contributed by atoms with Gasteiger partial charge in [0.2, 0.25) is 5.95 Å². The van der Waals surface area contributed by atoms with Gasteiger partial charge in [-0.05, 0) is 49.4 Å². The molecule has 1 amide bonds. The number of anilines is 1. The van der Waals surface area contributed by atoms with Crippen LogP contribution in [0.3, 0.4) is 0 Å². The van der Waals surface area contributed by atoms with E-state index in [4.69, 9.17) is 4.74 Å². The molecule has 0 bridgehead atoms. The molecule has 0 spiro atoms. The number of hydrogen-bond acceptors (Lipinski definition) is 5. The number of benzene rings is 2. The molecule has 2 aromatic heterocycles. The van der Waals surface area contributed by atoms with Gasteiger partial charge in [0.1, 0.15) is 23.1 Å². The number of nitrogens with one attached hydrogen (secondary N) is 1. The molecule has 0 atom stereocenters. The van der Waals surface area contributed by atoms with Gasteiger partial charge in [-0.2, -0.15) is 0 Å². The summed E-state index contributed by atoms with van der Waals surface area (Å²) < 4.78 is 20.4. The van der Waals surface area contributed by atoms with Crippen molar-refractivity contribution in [2.24, 2.45) is 0 Å². The normalized spacial score (nSPS) is 10.6. The first-order valence-electron chi connectivity index (χ1n) is 8.76. The fourth-order valence-corrected chi connectivity index (χ4v) is 2.64. The van der Waals surface area contributed by atoms with E-state index in [0.717, 1.165) is 5.82 Å². The lowest BCUT2D eigenvalue weighted by molar-refractivity contribution is 0.102. The van der Waals surface area contributed by atoms with Gasteiger partial charge in [-0.15, -0.1) is 0 Å². The molecule has 2 heterocycles. The number of rotatable bonds is 5. The summed E-state index contributed by atoms with van der Waals surface area (Å²) >= 11 is 0. The Balaban J connectivity index is 1.45. The summed E-state index contributed by atoms with van der Waals surface area (Å²) in [7, 11) is 0. The van der Waals surface area contributed by atoms with Crippen molar-refractivity contribution < 1.29 is 13.9 Å². The molecule has 7 nitrogen and oxygen atoms in total. The van der Waals surface area contributed by atoms with Crippen LogP contribution in [0.5, 0.6) is 11.5 Å². The Morgan fingerprint density at radius 3 is 2.48 bits per heavy atom. The van der Waals surface area contributed by atoms with Gasteiger partial charge in [0.05, 0.1) is 18.1 Å². The Kier molecular flexibility index (Phi) is 4.98. The number of aromatic nitrogens is 4. The zero-order valence-electron chi connectivity index (χ0n) is 15.4. The first-order valence-corrected chi connectivity index (χ1v) is 8.76. The summed E-state index contributed by atoms with van der Waals surface area (Å²) in [5.41, 5.74) is 0.862. The van der Waals surface area contributed by atoms with Gasteiger partial charge in [-0.1, -0.05) is 6.07 Å². The molecule has 4 rings (SSSR count). The van der Waals surface area contributed by atoms with Crippen LogP contribution >= 0.6 is 0 Å². The van der Waals surface area contributed by atoms with Crippen LogP contribution in [0.25, 0.3) is 5.95 Å². The molecule has 4 aromatic rings. The number of ether oxygens (including phenoxy) is 1. The summed E-state index contributed by atoms with van der Waals surface area (Å²) in [5.74, 6) is 1.49. The van der Waals surface area contributed by atoms with E-state index in [-0.39, 0.29) is 11.7 Å². The van der Waals surface area contributed by atoms with E-state index < -0.39 is 0 Å². The van der Waals surface area contributed by atoms with Crippen molar-refractivity contribution in [3.05, 3.63) is 90.5 Å². The minimum atomic E-state index is -0.345. The maximum Gasteiger partial charge on any atom is 0.255 e. The highest BCUT2D eigenvalue weighted by Gasteiger charge is 2.10. The molecule has 8 heteroatoms. The highest BCUT2D eigenvalue weighted by Crippen LogP contribution is 2.23. The first-order chi connectivity index (χ1) is 14.1. The van der Waals surface area contributed by atoms with Gasteiger partial charge >= 0.3 is 0 Å². The highest BCUT2D eigenvalue weighted by atomic mass is 19.1. The molecular formula is C21H16FN5O2. The molecule has 0 aliphatic rings. The number of imidazole rings is 1. The predicted molar refractivity (Wildman–Crippen MR) is 105 cm³/mol. The summed E-state index contributed by atoms with van der Waals surface area (Å²) in [6.07, 6.45) is 6.47. The molecule has 29 heavy (non-hydrogen) atoms. The third kappa shape index (κ3) is 4.27. The number of nitrogens with zero attached hydrogens (tertiary/aromatic N) is 4. The zero-order valence-corrected chi connectivity index (χ0v) is 15.4. The second-order valence-electron chi connectivity index (χ2n) is 6.15. The summed E-state index contributed by atoms with van der Waals surface area (Å²) in [6, 6.07) is 12.3. The quantitative estimate of drug-likeness (QED) is 0.554. The average molecular weight is 389 g/mol. The SMILES string of the molecule is Cc1nccn1-c1ncc(NC(=O)c2cccc(Oc3ccc(F)cc3)c2)cn1.